The Morgan fingerprint density at radius 1 is 0.900 bits per heavy atom. The monoisotopic (exact) mass is 583 g/mol. The minimum Gasteiger partial charge on any atom is -0.354 e. The van der Waals surface area contributed by atoms with Crippen molar-refractivity contribution in [3.63, 3.8) is 0 Å². The van der Waals surface area contributed by atoms with E-state index in [1.165, 1.54) is 17.0 Å². The predicted molar refractivity (Wildman–Crippen MR) is 161 cm³/mol. The van der Waals surface area contributed by atoms with E-state index >= 15 is 0 Å². The number of sulfonamides is 1. The van der Waals surface area contributed by atoms with Gasteiger partial charge in [-0.1, -0.05) is 81.3 Å². The van der Waals surface area contributed by atoms with Crippen molar-refractivity contribution in [2.24, 2.45) is 0 Å². The number of unbranched alkanes of at least 4 members (excludes halogenated alkanes) is 1. The lowest BCUT2D eigenvalue weighted by Crippen LogP contribution is -2.51. The normalized spacial score (nSPS) is 12.2. The molecule has 1 N–H and O–H groups in total. The fourth-order valence-electron chi connectivity index (χ4n) is 4.18. The number of halogens is 1. The maximum atomic E-state index is 13.9. The smallest absolute Gasteiger partial charge is 0.264 e. The van der Waals surface area contributed by atoms with Gasteiger partial charge in [0.1, 0.15) is 12.6 Å². The summed E-state index contributed by atoms with van der Waals surface area (Å²) in [6.45, 7) is 7.93. The van der Waals surface area contributed by atoms with Gasteiger partial charge in [0.2, 0.25) is 11.8 Å². The maximum absolute atomic E-state index is 13.9. The van der Waals surface area contributed by atoms with Gasteiger partial charge in [0.15, 0.2) is 0 Å². The highest BCUT2D eigenvalue weighted by Gasteiger charge is 2.32. The first kappa shape index (κ1) is 31.2. The van der Waals surface area contributed by atoms with Gasteiger partial charge in [0.05, 0.1) is 10.6 Å². The second kappa shape index (κ2) is 14.3. The molecule has 0 saturated heterocycles. The lowest BCUT2D eigenvalue weighted by Gasteiger charge is -2.32. The zero-order chi connectivity index (χ0) is 29.3. The maximum Gasteiger partial charge on any atom is 0.264 e. The van der Waals surface area contributed by atoms with Crippen LogP contribution in [0.15, 0.2) is 83.8 Å². The highest BCUT2D eigenvalue weighted by atomic mass is 35.5. The van der Waals surface area contributed by atoms with Crippen LogP contribution in [0.25, 0.3) is 0 Å². The predicted octanol–water partition coefficient (Wildman–Crippen LogP) is 5.99. The number of carbonyl (C=O) groups excluding carboxylic acids is 2. The van der Waals surface area contributed by atoms with Crippen molar-refractivity contribution >= 4 is 39.1 Å². The molecule has 0 fully saturated rings. The average molecular weight is 584 g/mol. The lowest BCUT2D eigenvalue weighted by molar-refractivity contribution is -0.139. The number of nitrogens with one attached hydrogen (secondary N) is 1. The standard InChI is InChI=1S/C31H38ClN3O4S/c1-5-6-20-33-31(37)24(4)34(21-25-12-16-27(32)17-13-25)30(36)22-35(28-18-14-26(15-19-28)23(2)3)40(38,39)29-10-8-7-9-11-29/h7-19,23-24H,5-6,20-22H2,1-4H3,(H,33,37)/t24-/m0/s1. The van der Waals surface area contributed by atoms with E-state index in [0.717, 1.165) is 28.3 Å². The summed E-state index contributed by atoms with van der Waals surface area (Å²) in [6, 6.07) is 21.4. The second-order valence-electron chi connectivity index (χ2n) is 10.0. The first-order valence-electron chi connectivity index (χ1n) is 13.5. The molecule has 7 nitrogen and oxygen atoms in total. The fraction of sp³-hybridized carbons (Fsp3) is 0.355. The number of amides is 2. The van der Waals surface area contributed by atoms with Crippen molar-refractivity contribution in [3.05, 3.63) is 95.0 Å². The third-order valence-corrected chi connectivity index (χ3v) is 8.76. The summed E-state index contributed by atoms with van der Waals surface area (Å²) in [4.78, 5) is 28.5. The molecule has 0 aromatic heterocycles. The first-order chi connectivity index (χ1) is 19.0. The number of benzene rings is 3. The first-order valence-corrected chi connectivity index (χ1v) is 15.4. The van der Waals surface area contributed by atoms with Gasteiger partial charge in [0.25, 0.3) is 10.0 Å². The summed E-state index contributed by atoms with van der Waals surface area (Å²) in [7, 11) is -4.09. The van der Waals surface area contributed by atoms with Crippen LogP contribution in [0.1, 0.15) is 57.6 Å². The zero-order valence-electron chi connectivity index (χ0n) is 23.5. The summed E-state index contributed by atoms with van der Waals surface area (Å²) in [5, 5.41) is 3.44. The van der Waals surface area contributed by atoms with E-state index < -0.39 is 28.5 Å². The van der Waals surface area contributed by atoms with Crippen LogP contribution in [0.5, 0.6) is 0 Å². The van der Waals surface area contributed by atoms with Gasteiger partial charge in [-0.25, -0.2) is 8.42 Å². The molecule has 0 bridgehead atoms. The Morgan fingerprint density at radius 3 is 2.10 bits per heavy atom. The quantitative estimate of drug-likeness (QED) is 0.250. The van der Waals surface area contributed by atoms with E-state index in [2.05, 4.69) is 19.2 Å². The Kier molecular flexibility index (Phi) is 11.2. The Morgan fingerprint density at radius 2 is 1.52 bits per heavy atom. The molecule has 0 aliphatic rings. The molecule has 0 aliphatic heterocycles. The minimum absolute atomic E-state index is 0.0744. The molecule has 3 rings (SSSR count). The summed E-state index contributed by atoms with van der Waals surface area (Å²) in [6.07, 6.45) is 1.74. The van der Waals surface area contributed by atoms with E-state index in [1.54, 1.807) is 61.5 Å². The van der Waals surface area contributed by atoms with E-state index in [-0.39, 0.29) is 23.3 Å². The van der Waals surface area contributed by atoms with E-state index in [4.69, 9.17) is 11.6 Å². The van der Waals surface area contributed by atoms with Crippen molar-refractivity contribution in [1.82, 2.24) is 10.2 Å². The van der Waals surface area contributed by atoms with Crippen LogP contribution >= 0.6 is 11.6 Å². The van der Waals surface area contributed by atoms with Gasteiger partial charge < -0.3 is 10.2 Å². The number of nitrogens with zero attached hydrogens (tertiary/aromatic N) is 2. The van der Waals surface area contributed by atoms with Crippen LogP contribution in [0.2, 0.25) is 5.02 Å². The molecule has 214 valence electrons. The summed E-state index contributed by atoms with van der Waals surface area (Å²) in [5.41, 5.74) is 2.19. The van der Waals surface area contributed by atoms with Crippen LogP contribution in [-0.2, 0) is 26.2 Å². The SMILES string of the molecule is CCCCNC(=O)[C@H](C)N(Cc1ccc(Cl)cc1)C(=O)CN(c1ccc(C(C)C)cc1)S(=O)(=O)c1ccccc1. The van der Waals surface area contributed by atoms with Crippen molar-refractivity contribution < 1.29 is 18.0 Å². The molecule has 2 amide bonds. The number of carbonyl (C=O) groups is 2. The van der Waals surface area contributed by atoms with Crippen molar-refractivity contribution in [2.45, 2.75) is 63.9 Å². The molecule has 40 heavy (non-hydrogen) atoms. The average Bonchev–Trinajstić information content (AvgIpc) is 2.95. The molecule has 3 aromatic rings. The third kappa shape index (κ3) is 8.08. The highest BCUT2D eigenvalue weighted by molar-refractivity contribution is 7.92. The Bertz CT molecular complexity index is 1360. The lowest BCUT2D eigenvalue weighted by atomic mass is 10.0. The van der Waals surface area contributed by atoms with Gasteiger partial charge in [-0.3, -0.25) is 13.9 Å². The van der Waals surface area contributed by atoms with E-state index in [9.17, 15) is 18.0 Å². The van der Waals surface area contributed by atoms with Gasteiger partial charge in [-0.05, 0) is 66.8 Å². The molecular formula is C31H38ClN3O4S. The Labute approximate surface area is 243 Å². The van der Waals surface area contributed by atoms with Crippen LogP contribution in [0.3, 0.4) is 0 Å². The number of hydrogen-bond donors (Lipinski definition) is 1. The van der Waals surface area contributed by atoms with E-state index in [0.29, 0.717) is 17.3 Å². The topological polar surface area (TPSA) is 86.8 Å². The van der Waals surface area contributed by atoms with Crippen LogP contribution in [-0.4, -0.2) is 44.3 Å². The molecule has 0 unspecified atom stereocenters. The van der Waals surface area contributed by atoms with Gasteiger partial charge >= 0.3 is 0 Å². The van der Waals surface area contributed by atoms with Gasteiger partial charge in [-0.2, -0.15) is 0 Å². The molecule has 0 saturated carbocycles. The van der Waals surface area contributed by atoms with Gasteiger partial charge in [-0.15, -0.1) is 0 Å². The number of rotatable bonds is 13. The number of hydrogen-bond acceptors (Lipinski definition) is 4. The fourth-order valence-corrected chi connectivity index (χ4v) is 5.74. The summed E-state index contributed by atoms with van der Waals surface area (Å²) in [5.74, 6) is -0.535. The molecule has 1 atom stereocenters. The van der Waals surface area contributed by atoms with Crippen LogP contribution in [0.4, 0.5) is 5.69 Å². The third-order valence-electron chi connectivity index (χ3n) is 6.72. The zero-order valence-corrected chi connectivity index (χ0v) is 25.1. The van der Waals surface area contributed by atoms with Crippen LogP contribution in [0, 0.1) is 0 Å². The summed E-state index contributed by atoms with van der Waals surface area (Å²) >= 11 is 6.05. The molecule has 0 radical (unpaired) electrons. The molecule has 0 aliphatic carbocycles. The molecular weight excluding hydrogens is 546 g/mol. The Hall–Kier alpha value is -3.36. The minimum atomic E-state index is -4.09. The largest absolute Gasteiger partial charge is 0.354 e. The van der Waals surface area contributed by atoms with Crippen molar-refractivity contribution in [2.75, 3.05) is 17.4 Å². The van der Waals surface area contributed by atoms with Crippen molar-refractivity contribution in [1.29, 1.82) is 0 Å². The molecule has 9 heteroatoms. The van der Waals surface area contributed by atoms with Crippen molar-refractivity contribution in [3.8, 4) is 0 Å². The number of anilines is 1. The second-order valence-corrected chi connectivity index (χ2v) is 12.3. The highest BCUT2D eigenvalue weighted by Crippen LogP contribution is 2.26. The Balaban J connectivity index is 1.99. The van der Waals surface area contributed by atoms with E-state index in [1.807, 2.05) is 19.1 Å². The molecule has 0 heterocycles. The summed E-state index contributed by atoms with van der Waals surface area (Å²) < 4.78 is 28.8. The molecule has 0 spiro atoms. The van der Waals surface area contributed by atoms with Gasteiger partial charge in [0, 0.05) is 18.1 Å². The van der Waals surface area contributed by atoms with Crippen LogP contribution < -0.4 is 9.62 Å². The molecule has 3 aromatic carbocycles.